The number of hydrogen-bond donors (Lipinski definition) is 0. The number of hydrogen-bond acceptors (Lipinski definition) is 6. The average molecular weight is 387 g/mol. The maximum atomic E-state index is 13.4. The van der Waals surface area contributed by atoms with E-state index in [9.17, 15) is 19.3 Å². The van der Waals surface area contributed by atoms with Crippen molar-refractivity contribution in [3.63, 3.8) is 0 Å². The first kappa shape index (κ1) is 18.5. The summed E-state index contributed by atoms with van der Waals surface area (Å²) in [6, 6.07) is 12.0. The van der Waals surface area contributed by atoms with Crippen LogP contribution in [0.2, 0.25) is 0 Å². The smallest absolute Gasteiger partial charge is 0.311 e. The van der Waals surface area contributed by atoms with Gasteiger partial charge in [0, 0.05) is 24.4 Å². The molecule has 0 aliphatic carbocycles. The van der Waals surface area contributed by atoms with Gasteiger partial charge in [0.2, 0.25) is 5.91 Å². The number of nitro benzene ring substituents is 1. The van der Waals surface area contributed by atoms with Gasteiger partial charge in [-0.25, -0.2) is 9.37 Å². The number of aromatic nitrogens is 1. The van der Waals surface area contributed by atoms with Gasteiger partial charge in [-0.2, -0.15) is 0 Å². The summed E-state index contributed by atoms with van der Waals surface area (Å²) in [5.74, 6) is -1.02. The number of rotatable bonds is 6. The molecule has 3 rings (SSSR count). The van der Waals surface area contributed by atoms with Gasteiger partial charge in [0.15, 0.2) is 10.9 Å². The number of carbonyl (C=O) groups is 1. The minimum atomic E-state index is -0.645. The van der Waals surface area contributed by atoms with Gasteiger partial charge in [-0.15, -0.1) is 11.3 Å². The van der Waals surface area contributed by atoms with Crippen LogP contribution in [0.15, 0.2) is 53.9 Å². The maximum Gasteiger partial charge on any atom is 0.311 e. The van der Waals surface area contributed by atoms with Crippen molar-refractivity contribution < 1.29 is 18.8 Å². The van der Waals surface area contributed by atoms with Gasteiger partial charge in [0.1, 0.15) is 12.4 Å². The van der Waals surface area contributed by atoms with Crippen molar-refractivity contribution in [3.8, 4) is 5.75 Å². The minimum absolute atomic E-state index is 0.0959. The van der Waals surface area contributed by atoms with Crippen LogP contribution in [0.4, 0.5) is 20.9 Å². The Balaban J connectivity index is 1.80. The molecule has 0 atom stereocenters. The Morgan fingerprint density at radius 3 is 2.70 bits per heavy atom. The van der Waals surface area contributed by atoms with E-state index in [1.807, 2.05) is 18.2 Å². The number of amides is 1. The topological polar surface area (TPSA) is 85.6 Å². The molecule has 0 spiro atoms. The number of benzene rings is 2. The zero-order valence-electron chi connectivity index (χ0n) is 14.2. The Hall–Kier alpha value is -3.33. The van der Waals surface area contributed by atoms with Crippen LogP contribution in [0.25, 0.3) is 0 Å². The van der Waals surface area contributed by atoms with Gasteiger partial charge in [0.05, 0.1) is 16.3 Å². The highest BCUT2D eigenvalue weighted by molar-refractivity contribution is 7.14. The molecule has 138 valence electrons. The highest BCUT2D eigenvalue weighted by Crippen LogP contribution is 2.31. The molecular formula is C18H14FN3O4S. The van der Waals surface area contributed by atoms with E-state index in [1.165, 1.54) is 23.2 Å². The normalized spacial score (nSPS) is 10.4. The van der Waals surface area contributed by atoms with E-state index < -0.39 is 10.7 Å². The Morgan fingerprint density at radius 2 is 2.04 bits per heavy atom. The molecule has 0 aliphatic rings. The molecule has 0 saturated carbocycles. The number of halogens is 1. The quantitative estimate of drug-likeness (QED) is 0.461. The van der Waals surface area contributed by atoms with E-state index in [0.717, 1.165) is 18.2 Å². The van der Waals surface area contributed by atoms with Crippen LogP contribution in [0.3, 0.4) is 0 Å². The second kappa shape index (κ2) is 7.92. The van der Waals surface area contributed by atoms with Crippen molar-refractivity contribution in [3.05, 3.63) is 75.5 Å². The first-order valence-corrected chi connectivity index (χ1v) is 8.70. The second-order valence-corrected chi connectivity index (χ2v) is 6.31. The molecular weight excluding hydrogens is 373 g/mol. The highest BCUT2D eigenvalue weighted by Gasteiger charge is 2.19. The maximum absolute atomic E-state index is 13.4. The average Bonchev–Trinajstić information content (AvgIpc) is 3.09. The van der Waals surface area contributed by atoms with Gasteiger partial charge in [-0.1, -0.05) is 18.2 Å². The third-order valence-electron chi connectivity index (χ3n) is 3.55. The molecule has 0 saturated heterocycles. The van der Waals surface area contributed by atoms with Crippen molar-refractivity contribution >= 4 is 33.8 Å². The van der Waals surface area contributed by atoms with Gasteiger partial charge in [-0.3, -0.25) is 19.8 Å². The first-order chi connectivity index (χ1) is 13.0. The third-order valence-corrected chi connectivity index (χ3v) is 4.43. The fourth-order valence-corrected chi connectivity index (χ4v) is 3.25. The molecule has 3 aromatic rings. The van der Waals surface area contributed by atoms with Crippen LogP contribution >= 0.6 is 11.3 Å². The van der Waals surface area contributed by atoms with Crippen molar-refractivity contribution in [1.82, 2.24) is 4.98 Å². The summed E-state index contributed by atoms with van der Waals surface area (Å²) in [4.78, 5) is 28.2. The van der Waals surface area contributed by atoms with Crippen molar-refractivity contribution in [2.75, 3.05) is 4.90 Å². The molecule has 0 aliphatic heterocycles. The van der Waals surface area contributed by atoms with E-state index in [0.29, 0.717) is 16.5 Å². The molecule has 0 fully saturated rings. The number of anilines is 2. The van der Waals surface area contributed by atoms with Gasteiger partial charge < -0.3 is 4.74 Å². The summed E-state index contributed by atoms with van der Waals surface area (Å²) in [5, 5.41) is 13.1. The minimum Gasteiger partial charge on any atom is -0.480 e. The van der Waals surface area contributed by atoms with Crippen LogP contribution < -0.4 is 9.64 Å². The predicted molar refractivity (Wildman–Crippen MR) is 98.8 cm³/mol. The number of para-hydroxylation sites is 1. The number of ether oxygens (including phenoxy) is 1. The van der Waals surface area contributed by atoms with E-state index >= 15 is 0 Å². The molecule has 7 nitrogen and oxygen atoms in total. The second-order valence-electron chi connectivity index (χ2n) is 5.47. The van der Waals surface area contributed by atoms with Crippen LogP contribution in [-0.2, 0) is 11.4 Å². The molecule has 0 bridgehead atoms. The lowest BCUT2D eigenvalue weighted by atomic mass is 10.3. The molecule has 1 aromatic heterocycles. The van der Waals surface area contributed by atoms with Crippen LogP contribution in [-0.4, -0.2) is 15.8 Å². The van der Waals surface area contributed by atoms with Gasteiger partial charge >= 0.3 is 5.69 Å². The van der Waals surface area contributed by atoms with Gasteiger partial charge in [-0.05, 0) is 18.2 Å². The molecule has 0 radical (unpaired) electrons. The summed E-state index contributed by atoms with van der Waals surface area (Å²) >= 11 is 1.24. The summed E-state index contributed by atoms with van der Waals surface area (Å²) < 4.78 is 18.7. The fraction of sp³-hybridized carbons (Fsp3) is 0.111. The van der Waals surface area contributed by atoms with Crippen molar-refractivity contribution in [2.45, 2.75) is 13.5 Å². The molecule has 0 N–H and O–H groups in total. The number of thiazole rings is 1. The number of carbonyl (C=O) groups excluding carboxylic acids is 1. The standard InChI is InChI=1S/C18H14FN3O4S/c1-12(23)21(15-5-3-2-4-6-15)18-20-14(11-27-18)10-26-17-9-13(19)7-8-16(17)22(24)25/h2-9,11H,10H2,1H3. The molecule has 2 aromatic carbocycles. The molecule has 1 heterocycles. The Morgan fingerprint density at radius 1 is 1.30 bits per heavy atom. The third kappa shape index (κ3) is 4.26. The molecule has 9 heteroatoms. The lowest BCUT2D eigenvalue weighted by molar-refractivity contribution is -0.386. The Labute approximate surface area is 157 Å². The zero-order valence-corrected chi connectivity index (χ0v) is 15.0. The van der Waals surface area contributed by atoms with Crippen LogP contribution in [0, 0.1) is 15.9 Å². The highest BCUT2D eigenvalue weighted by atomic mass is 32.1. The van der Waals surface area contributed by atoms with Gasteiger partial charge in [0.25, 0.3) is 0 Å². The summed E-state index contributed by atoms with van der Waals surface area (Å²) in [6.07, 6.45) is 0. The molecule has 0 unspecified atom stereocenters. The van der Waals surface area contributed by atoms with Crippen LogP contribution in [0.5, 0.6) is 5.75 Å². The number of nitrogens with zero attached hydrogens (tertiary/aromatic N) is 3. The van der Waals surface area contributed by atoms with E-state index in [-0.39, 0.29) is 24.0 Å². The first-order valence-electron chi connectivity index (χ1n) is 7.82. The van der Waals surface area contributed by atoms with Crippen LogP contribution in [0.1, 0.15) is 12.6 Å². The molecule has 1 amide bonds. The Bertz CT molecular complexity index is 978. The predicted octanol–water partition coefficient (Wildman–Crippen LogP) is 4.45. The summed E-state index contributed by atoms with van der Waals surface area (Å²) in [7, 11) is 0. The lowest BCUT2D eigenvalue weighted by Gasteiger charge is -2.17. The monoisotopic (exact) mass is 387 g/mol. The fourth-order valence-electron chi connectivity index (χ4n) is 2.38. The van der Waals surface area contributed by atoms with Crippen molar-refractivity contribution in [1.29, 1.82) is 0 Å². The Kier molecular flexibility index (Phi) is 5.41. The lowest BCUT2D eigenvalue weighted by Crippen LogP contribution is -2.22. The molecule has 27 heavy (non-hydrogen) atoms. The van der Waals surface area contributed by atoms with E-state index in [2.05, 4.69) is 4.98 Å². The zero-order chi connectivity index (χ0) is 19.4. The van der Waals surface area contributed by atoms with Crippen molar-refractivity contribution in [2.24, 2.45) is 0 Å². The summed E-state index contributed by atoms with van der Waals surface area (Å²) in [5.41, 5.74) is 0.810. The van der Waals surface area contributed by atoms with E-state index in [1.54, 1.807) is 17.5 Å². The van der Waals surface area contributed by atoms with E-state index in [4.69, 9.17) is 4.74 Å². The largest absolute Gasteiger partial charge is 0.480 e. The SMILES string of the molecule is CC(=O)N(c1ccccc1)c1nc(COc2cc(F)ccc2[N+](=O)[O-])cs1. The summed E-state index contributed by atoms with van der Waals surface area (Å²) in [6.45, 7) is 1.34. The number of nitro groups is 1.